The Morgan fingerprint density at radius 2 is 2.25 bits per heavy atom. The molecule has 0 unspecified atom stereocenters. The molecule has 84 valence electrons. The molecule has 1 heterocycles. The van der Waals surface area contributed by atoms with Gasteiger partial charge >= 0.3 is 0 Å². The van der Waals surface area contributed by atoms with Crippen LogP contribution in [-0.2, 0) is 4.74 Å². The summed E-state index contributed by atoms with van der Waals surface area (Å²) in [5, 5.41) is 0.880. The Kier molecular flexibility index (Phi) is 3.22. The lowest BCUT2D eigenvalue weighted by atomic mass is 10.2. The number of aromatic amines is 1. The lowest BCUT2D eigenvalue weighted by molar-refractivity contribution is 0.112. The molecule has 2 aromatic rings. The van der Waals surface area contributed by atoms with E-state index < -0.39 is 0 Å². The molecule has 1 aromatic carbocycles. The Bertz CT molecular complexity index is 490. The summed E-state index contributed by atoms with van der Waals surface area (Å²) in [6.45, 7) is 1.05. The zero-order chi connectivity index (χ0) is 11.4. The summed E-state index contributed by atoms with van der Waals surface area (Å²) in [6.07, 6.45) is 2.52. The minimum Gasteiger partial charge on any atom is -0.491 e. The molecule has 0 aliphatic carbocycles. The summed E-state index contributed by atoms with van der Waals surface area (Å²) >= 11 is 0. The molecule has 1 N–H and O–H groups in total. The minimum absolute atomic E-state index is 0.503. The van der Waals surface area contributed by atoms with Crippen LogP contribution in [0.2, 0.25) is 0 Å². The topological polar surface area (TPSA) is 51.3 Å². The number of benzene rings is 1. The van der Waals surface area contributed by atoms with Crippen molar-refractivity contribution in [2.45, 2.75) is 0 Å². The highest BCUT2D eigenvalue weighted by molar-refractivity contribution is 5.97. The molecule has 0 aliphatic rings. The predicted molar refractivity (Wildman–Crippen MR) is 61.1 cm³/mol. The van der Waals surface area contributed by atoms with Crippen LogP contribution in [0.4, 0.5) is 0 Å². The molecule has 16 heavy (non-hydrogen) atoms. The summed E-state index contributed by atoms with van der Waals surface area (Å²) in [5.41, 5.74) is 1.58. The van der Waals surface area contributed by atoms with Crippen molar-refractivity contribution in [2.75, 3.05) is 20.3 Å². The second-order valence-corrected chi connectivity index (χ2v) is 3.41. The van der Waals surface area contributed by atoms with Crippen molar-refractivity contribution < 1.29 is 14.3 Å². The molecule has 1 aromatic heterocycles. The molecule has 0 radical (unpaired) electrons. The van der Waals surface area contributed by atoms with Gasteiger partial charge in [-0.3, -0.25) is 4.79 Å². The zero-order valence-corrected chi connectivity index (χ0v) is 9.03. The van der Waals surface area contributed by atoms with Crippen LogP contribution in [0.5, 0.6) is 5.75 Å². The Labute approximate surface area is 93.2 Å². The number of methoxy groups -OCH3 is 1. The van der Waals surface area contributed by atoms with E-state index in [4.69, 9.17) is 9.47 Å². The molecule has 4 nitrogen and oxygen atoms in total. The highest BCUT2D eigenvalue weighted by atomic mass is 16.5. The van der Waals surface area contributed by atoms with E-state index >= 15 is 0 Å². The van der Waals surface area contributed by atoms with Crippen molar-refractivity contribution in [1.29, 1.82) is 0 Å². The van der Waals surface area contributed by atoms with E-state index in [1.807, 2.05) is 18.2 Å². The van der Waals surface area contributed by atoms with Crippen LogP contribution in [-0.4, -0.2) is 31.6 Å². The number of ether oxygens (including phenoxy) is 2. The summed E-state index contributed by atoms with van der Waals surface area (Å²) < 4.78 is 10.4. The maximum absolute atomic E-state index is 10.8. The predicted octanol–water partition coefficient (Wildman–Crippen LogP) is 2.01. The first-order chi connectivity index (χ1) is 7.85. The number of hydrogen-bond acceptors (Lipinski definition) is 3. The standard InChI is InChI=1S/C12H13NO3/c1-15-4-5-16-10-2-3-12-11(6-10)9(8-14)7-13-12/h2-3,6-8,13H,4-5H2,1H3. The zero-order valence-electron chi connectivity index (χ0n) is 9.03. The molecule has 0 aliphatic heterocycles. The monoisotopic (exact) mass is 219 g/mol. The average molecular weight is 219 g/mol. The molecule has 0 saturated carbocycles. The van der Waals surface area contributed by atoms with E-state index in [9.17, 15) is 4.79 Å². The molecule has 0 spiro atoms. The summed E-state index contributed by atoms with van der Waals surface area (Å²) in [7, 11) is 1.63. The number of carbonyl (C=O) groups excluding carboxylic acids is 1. The fourth-order valence-electron chi connectivity index (χ4n) is 1.55. The Hall–Kier alpha value is -1.81. The number of H-pyrrole nitrogens is 1. The summed E-state index contributed by atoms with van der Waals surface area (Å²) in [4.78, 5) is 13.8. The number of nitrogens with one attached hydrogen (secondary N) is 1. The van der Waals surface area contributed by atoms with Crippen molar-refractivity contribution in [3.05, 3.63) is 30.0 Å². The molecule has 0 atom stereocenters. The first-order valence-corrected chi connectivity index (χ1v) is 5.03. The fourth-order valence-corrected chi connectivity index (χ4v) is 1.55. The van der Waals surface area contributed by atoms with Crippen LogP contribution in [0.3, 0.4) is 0 Å². The van der Waals surface area contributed by atoms with E-state index in [1.54, 1.807) is 13.3 Å². The van der Waals surface area contributed by atoms with Gasteiger partial charge in [0.25, 0.3) is 0 Å². The summed E-state index contributed by atoms with van der Waals surface area (Å²) in [5.74, 6) is 0.743. The molecule has 0 saturated heterocycles. The molecule has 0 fully saturated rings. The van der Waals surface area contributed by atoms with E-state index in [0.717, 1.165) is 22.9 Å². The van der Waals surface area contributed by atoms with Gasteiger partial charge in [0.05, 0.1) is 6.61 Å². The van der Waals surface area contributed by atoms with E-state index in [-0.39, 0.29) is 0 Å². The average Bonchev–Trinajstić information content (AvgIpc) is 2.71. The largest absolute Gasteiger partial charge is 0.491 e. The number of fused-ring (bicyclic) bond motifs is 1. The SMILES string of the molecule is COCCOc1ccc2[nH]cc(C=O)c2c1. The van der Waals surface area contributed by atoms with Crippen molar-refractivity contribution >= 4 is 17.2 Å². The lowest BCUT2D eigenvalue weighted by Crippen LogP contribution is -2.03. The van der Waals surface area contributed by atoms with Crippen molar-refractivity contribution in [3.8, 4) is 5.75 Å². The van der Waals surface area contributed by atoms with Gasteiger partial charge in [0.1, 0.15) is 12.4 Å². The van der Waals surface area contributed by atoms with Crippen molar-refractivity contribution in [2.24, 2.45) is 0 Å². The number of hydrogen-bond donors (Lipinski definition) is 1. The van der Waals surface area contributed by atoms with Crippen LogP contribution in [0.1, 0.15) is 10.4 Å². The van der Waals surface area contributed by atoms with Crippen LogP contribution in [0.25, 0.3) is 10.9 Å². The second kappa shape index (κ2) is 4.81. The Balaban J connectivity index is 2.24. The van der Waals surface area contributed by atoms with E-state index in [0.29, 0.717) is 18.8 Å². The van der Waals surface area contributed by atoms with Crippen molar-refractivity contribution in [3.63, 3.8) is 0 Å². The lowest BCUT2D eigenvalue weighted by Gasteiger charge is -2.05. The highest BCUT2D eigenvalue weighted by Gasteiger charge is 2.03. The Morgan fingerprint density at radius 1 is 1.38 bits per heavy atom. The highest BCUT2D eigenvalue weighted by Crippen LogP contribution is 2.22. The van der Waals surface area contributed by atoms with Crippen LogP contribution in [0.15, 0.2) is 24.4 Å². The molecule has 4 heteroatoms. The van der Waals surface area contributed by atoms with E-state index in [2.05, 4.69) is 4.98 Å². The third-order valence-corrected chi connectivity index (χ3v) is 2.37. The minimum atomic E-state index is 0.503. The third-order valence-electron chi connectivity index (χ3n) is 2.37. The van der Waals surface area contributed by atoms with Gasteiger partial charge in [-0.15, -0.1) is 0 Å². The maximum Gasteiger partial charge on any atom is 0.152 e. The smallest absolute Gasteiger partial charge is 0.152 e. The maximum atomic E-state index is 10.8. The quantitative estimate of drug-likeness (QED) is 0.618. The van der Waals surface area contributed by atoms with Gasteiger partial charge in [0.2, 0.25) is 0 Å². The first kappa shape index (κ1) is 10.7. The molecule has 2 rings (SSSR count). The summed E-state index contributed by atoms with van der Waals surface area (Å²) in [6, 6.07) is 5.61. The van der Waals surface area contributed by atoms with E-state index in [1.165, 1.54) is 0 Å². The Morgan fingerprint density at radius 3 is 3.00 bits per heavy atom. The molecule has 0 amide bonds. The molecular weight excluding hydrogens is 206 g/mol. The van der Waals surface area contributed by atoms with Gasteiger partial charge in [-0.2, -0.15) is 0 Å². The van der Waals surface area contributed by atoms with Crippen LogP contribution < -0.4 is 4.74 Å². The fraction of sp³-hybridized carbons (Fsp3) is 0.250. The van der Waals surface area contributed by atoms with Gasteiger partial charge in [0.15, 0.2) is 6.29 Å². The van der Waals surface area contributed by atoms with Crippen LogP contribution >= 0.6 is 0 Å². The third kappa shape index (κ3) is 2.06. The van der Waals surface area contributed by atoms with Gasteiger partial charge in [-0.1, -0.05) is 0 Å². The van der Waals surface area contributed by atoms with Crippen LogP contribution in [0, 0.1) is 0 Å². The van der Waals surface area contributed by atoms with Gasteiger partial charge < -0.3 is 14.5 Å². The second-order valence-electron chi connectivity index (χ2n) is 3.41. The number of rotatable bonds is 5. The molecular formula is C12H13NO3. The number of aromatic nitrogens is 1. The molecule has 0 bridgehead atoms. The number of aldehydes is 1. The van der Waals surface area contributed by atoms with Crippen molar-refractivity contribution in [1.82, 2.24) is 4.98 Å². The van der Waals surface area contributed by atoms with Gasteiger partial charge in [-0.05, 0) is 18.2 Å². The van der Waals surface area contributed by atoms with Gasteiger partial charge in [-0.25, -0.2) is 0 Å². The van der Waals surface area contributed by atoms with Gasteiger partial charge in [0, 0.05) is 29.8 Å². The first-order valence-electron chi connectivity index (χ1n) is 5.03. The number of carbonyl (C=O) groups is 1. The normalized spacial score (nSPS) is 10.6.